The van der Waals surface area contributed by atoms with Gasteiger partial charge in [-0.1, -0.05) is 182 Å². The van der Waals surface area contributed by atoms with Crippen molar-refractivity contribution in [3.8, 4) is 0 Å². The second-order valence-corrected chi connectivity index (χ2v) is 18.4. The Bertz CT molecular complexity index is 1550. The molecule has 1 rings (SSSR count). The summed E-state index contributed by atoms with van der Waals surface area (Å²) in [7, 11) is -5.07. The van der Waals surface area contributed by atoms with E-state index in [-0.39, 0.29) is 19.6 Å². The summed E-state index contributed by atoms with van der Waals surface area (Å²) in [6.45, 7) is 3.72. The maximum absolute atomic E-state index is 12.9. The van der Waals surface area contributed by atoms with Crippen LogP contribution in [0, 0.1) is 0 Å². The van der Waals surface area contributed by atoms with Crippen LogP contribution in [0.2, 0.25) is 0 Å². The Labute approximate surface area is 412 Å². The van der Waals surface area contributed by atoms with Crippen molar-refractivity contribution in [3.05, 3.63) is 97.2 Å². The van der Waals surface area contributed by atoms with Crippen LogP contribution in [-0.4, -0.2) is 97.5 Å². The Morgan fingerprint density at radius 2 is 0.971 bits per heavy atom. The van der Waals surface area contributed by atoms with Crippen LogP contribution in [0.15, 0.2) is 97.2 Å². The molecule has 12 nitrogen and oxygen atoms in total. The molecule has 0 radical (unpaired) electrons. The third-order valence-corrected chi connectivity index (χ3v) is 11.7. The molecular weight excluding hydrogens is 885 g/mol. The van der Waals surface area contributed by atoms with Gasteiger partial charge in [0, 0.05) is 13.0 Å². The van der Waals surface area contributed by atoms with Gasteiger partial charge in [0.25, 0.3) is 0 Å². The maximum atomic E-state index is 12.9. The number of carbonyl (C=O) groups is 1. The van der Waals surface area contributed by atoms with Crippen molar-refractivity contribution in [1.82, 2.24) is 0 Å². The highest BCUT2D eigenvalue weighted by molar-refractivity contribution is 7.80. The lowest BCUT2D eigenvalue weighted by Gasteiger charge is -2.41. The molecule has 1 saturated heterocycles. The monoisotopic (exact) mass is 977 g/mol. The Morgan fingerprint density at radius 3 is 1.41 bits per heavy atom. The largest absolute Gasteiger partial charge is 0.457 e. The predicted octanol–water partition coefficient (Wildman–Crippen LogP) is 12.2. The van der Waals surface area contributed by atoms with Crippen LogP contribution in [0.3, 0.4) is 0 Å². The van der Waals surface area contributed by atoms with E-state index in [1.807, 2.05) is 0 Å². The van der Waals surface area contributed by atoms with Crippen molar-refractivity contribution in [1.29, 1.82) is 0 Å². The molecule has 0 aliphatic carbocycles. The first kappa shape index (κ1) is 63.0. The molecule has 0 bridgehead atoms. The van der Waals surface area contributed by atoms with Crippen molar-refractivity contribution in [3.63, 3.8) is 0 Å². The summed E-state index contributed by atoms with van der Waals surface area (Å²) < 4.78 is 59.2. The van der Waals surface area contributed by atoms with Gasteiger partial charge in [-0.3, -0.25) is 9.35 Å². The minimum atomic E-state index is -5.07. The van der Waals surface area contributed by atoms with Crippen LogP contribution in [0.5, 0.6) is 0 Å². The molecule has 4 N–H and O–H groups in total. The first-order chi connectivity index (χ1) is 33.1. The van der Waals surface area contributed by atoms with Crippen molar-refractivity contribution in [2.75, 3.05) is 26.4 Å². The van der Waals surface area contributed by atoms with Gasteiger partial charge < -0.3 is 34.3 Å². The molecule has 1 aliphatic rings. The van der Waals surface area contributed by atoms with E-state index in [2.05, 4.69) is 115 Å². The zero-order valence-electron chi connectivity index (χ0n) is 41.9. The molecule has 0 amide bonds. The van der Waals surface area contributed by atoms with Gasteiger partial charge in [0.15, 0.2) is 6.29 Å². The van der Waals surface area contributed by atoms with Gasteiger partial charge >= 0.3 is 16.4 Å². The van der Waals surface area contributed by atoms with E-state index in [1.165, 1.54) is 38.5 Å². The lowest BCUT2D eigenvalue weighted by atomic mass is 9.99. The third-order valence-electron chi connectivity index (χ3n) is 11.2. The number of rotatable bonds is 44. The Balaban J connectivity index is 2.35. The third kappa shape index (κ3) is 37.9. The summed E-state index contributed by atoms with van der Waals surface area (Å²) in [4.78, 5) is 12.9. The fraction of sp³-hybridized carbons (Fsp3) is 0.691. The number of esters is 1. The molecule has 0 aromatic carbocycles. The molecule has 13 heteroatoms. The quantitative estimate of drug-likeness (QED) is 0.0197. The van der Waals surface area contributed by atoms with Crippen molar-refractivity contribution in [2.45, 2.75) is 218 Å². The maximum Gasteiger partial charge on any atom is 0.397 e. The summed E-state index contributed by atoms with van der Waals surface area (Å²) in [6.07, 6.45) is 52.9. The first-order valence-corrected chi connectivity index (χ1v) is 27.4. The Morgan fingerprint density at radius 1 is 0.559 bits per heavy atom. The summed E-state index contributed by atoms with van der Waals surface area (Å²) in [5.41, 5.74) is 0. The molecule has 0 aromatic rings. The molecular formula is C55H92O12S. The van der Waals surface area contributed by atoms with E-state index in [0.29, 0.717) is 13.0 Å². The predicted molar refractivity (Wildman–Crippen MR) is 275 cm³/mol. The molecule has 68 heavy (non-hydrogen) atoms. The van der Waals surface area contributed by atoms with Crippen LogP contribution >= 0.6 is 0 Å². The van der Waals surface area contributed by atoms with Gasteiger partial charge in [0.2, 0.25) is 0 Å². The second kappa shape index (κ2) is 45.2. The number of hydrogen-bond donors (Lipinski definition) is 4. The van der Waals surface area contributed by atoms with Crippen molar-refractivity contribution in [2.24, 2.45) is 0 Å². The van der Waals surface area contributed by atoms with E-state index in [0.717, 1.165) is 116 Å². The second-order valence-electron chi connectivity index (χ2n) is 17.3. The number of aliphatic hydroxyl groups excluding tert-OH is 3. The molecule has 0 saturated carbocycles. The van der Waals surface area contributed by atoms with Crippen molar-refractivity contribution >= 4 is 16.4 Å². The van der Waals surface area contributed by atoms with E-state index >= 15 is 0 Å². The molecule has 6 unspecified atom stereocenters. The van der Waals surface area contributed by atoms with Gasteiger partial charge in [0.1, 0.15) is 30.5 Å². The topological polar surface area (TPSA) is 178 Å². The minimum absolute atomic E-state index is 0.0187. The number of hydrogen-bond acceptors (Lipinski definition) is 11. The summed E-state index contributed by atoms with van der Waals surface area (Å²) in [5.74, 6) is -0.415. The van der Waals surface area contributed by atoms with Crippen LogP contribution in [0.1, 0.15) is 181 Å². The van der Waals surface area contributed by atoms with E-state index in [1.54, 1.807) is 0 Å². The van der Waals surface area contributed by atoms with Gasteiger partial charge in [-0.2, -0.15) is 8.42 Å². The van der Waals surface area contributed by atoms with Crippen LogP contribution in [-0.2, 0) is 38.3 Å². The van der Waals surface area contributed by atoms with Gasteiger partial charge in [-0.25, -0.2) is 4.18 Å². The zero-order valence-corrected chi connectivity index (χ0v) is 42.7. The number of ether oxygens (including phenoxy) is 4. The van der Waals surface area contributed by atoms with E-state index < -0.39 is 59.8 Å². The van der Waals surface area contributed by atoms with Gasteiger partial charge in [-0.05, 0) is 89.9 Å². The summed E-state index contributed by atoms with van der Waals surface area (Å²) in [5, 5.41) is 30.8. The molecule has 6 atom stereocenters. The Hall–Kier alpha value is -2.98. The highest BCUT2D eigenvalue weighted by Gasteiger charge is 2.48. The minimum Gasteiger partial charge on any atom is -0.457 e. The highest BCUT2D eigenvalue weighted by Crippen LogP contribution is 2.26. The molecule has 0 aromatic heterocycles. The van der Waals surface area contributed by atoms with Gasteiger partial charge in [0.05, 0.1) is 19.8 Å². The fourth-order valence-electron chi connectivity index (χ4n) is 7.36. The lowest BCUT2D eigenvalue weighted by Crippen LogP contribution is -2.60. The summed E-state index contributed by atoms with van der Waals surface area (Å²) in [6, 6.07) is 0. The average molecular weight is 977 g/mol. The van der Waals surface area contributed by atoms with Crippen LogP contribution in [0.25, 0.3) is 0 Å². The SMILES string of the molecule is CC/C=C\C/C=C\C/C=C\C/C=C\C/C=C\CCCCCCCCCCCC(=O)OC(COCCCCCCCC/C=C\C/C=C\C/C=C\CC)COC1OC(CO)C(O)C(OS(=O)(=O)O)C1O. The van der Waals surface area contributed by atoms with Crippen LogP contribution in [0.4, 0.5) is 0 Å². The highest BCUT2D eigenvalue weighted by atomic mass is 32.3. The number of carbonyl (C=O) groups excluding carboxylic acids is 1. The summed E-state index contributed by atoms with van der Waals surface area (Å²) >= 11 is 0. The van der Waals surface area contributed by atoms with E-state index in [9.17, 15) is 33.1 Å². The van der Waals surface area contributed by atoms with E-state index in [4.69, 9.17) is 18.9 Å². The molecule has 0 spiro atoms. The normalized spacial score (nSPS) is 20.1. The number of aliphatic hydroxyl groups is 3. The molecule has 1 heterocycles. The molecule has 1 fully saturated rings. The fourth-order valence-corrected chi connectivity index (χ4v) is 7.87. The Kier molecular flexibility index (Phi) is 41.9. The standard InChI is InChI=1S/C55H92O12S/c1-3-5-7-9-11-13-15-17-19-21-22-23-24-25-26-27-28-29-30-32-34-36-38-40-42-44-51(57)65-49(48-64-55-53(59)54(67-68(60,61)62)52(58)50(46-56)66-55)47-63-45-43-41-39-37-35-33-31-20-18-16-14-12-10-8-6-4-2/h5-8,11-14,17-20,22-23,25-26,49-50,52-56,58-59H,3-4,9-10,15-16,21,24,27-48H2,1-2H3,(H,60,61,62)/b7-5-,8-6-,13-11-,14-12-,19-17-,20-18-,23-22-,26-25-. The van der Waals surface area contributed by atoms with Crippen LogP contribution < -0.4 is 0 Å². The number of allylic oxidation sites excluding steroid dienone is 16. The molecule has 390 valence electrons. The lowest BCUT2D eigenvalue weighted by molar-refractivity contribution is -0.301. The average Bonchev–Trinajstić information content (AvgIpc) is 3.31. The van der Waals surface area contributed by atoms with Crippen molar-refractivity contribution < 1.29 is 56.2 Å². The zero-order chi connectivity index (χ0) is 49.6. The smallest absolute Gasteiger partial charge is 0.397 e. The van der Waals surface area contributed by atoms with Gasteiger partial charge in [-0.15, -0.1) is 0 Å². The first-order valence-electron chi connectivity index (χ1n) is 26.0. The molecule has 1 aliphatic heterocycles. The number of unbranched alkanes of at least 4 members (excludes halogenated alkanes) is 15.